The van der Waals surface area contributed by atoms with Crippen LogP contribution in [-0.2, 0) is 11.2 Å². The van der Waals surface area contributed by atoms with Crippen LogP contribution in [0.5, 0.6) is 0 Å². The van der Waals surface area contributed by atoms with Crippen LogP contribution in [0.2, 0.25) is 0 Å². The Morgan fingerprint density at radius 1 is 1.35 bits per heavy atom. The van der Waals surface area contributed by atoms with Gasteiger partial charge >= 0.3 is 0 Å². The standard InChI is InChI=1S/C15H18N2O3/c18-8-7-15(5-6-15)17-14(20)11-1-3-12-10(9-11)2-4-13(19)16-12/h1,3,9,18H,2,4-8H2,(H,16,19)(H,17,20). The lowest BCUT2D eigenvalue weighted by atomic mass is 10.00. The molecule has 5 nitrogen and oxygen atoms in total. The van der Waals surface area contributed by atoms with Crippen LogP contribution >= 0.6 is 0 Å². The first-order valence-corrected chi connectivity index (χ1v) is 6.98. The summed E-state index contributed by atoms with van der Waals surface area (Å²) in [6.45, 7) is 0.0937. The third-order valence-electron chi connectivity index (χ3n) is 4.09. The summed E-state index contributed by atoms with van der Waals surface area (Å²) >= 11 is 0. The van der Waals surface area contributed by atoms with Gasteiger partial charge in [-0.15, -0.1) is 0 Å². The van der Waals surface area contributed by atoms with E-state index in [2.05, 4.69) is 10.6 Å². The van der Waals surface area contributed by atoms with Crippen molar-refractivity contribution in [3.8, 4) is 0 Å². The lowest BCUT2D eigenvalue weighted by molar-refractivity contribution is -0.116. The molecule has 0 saturated heterocycles. The smallest absolute Gasteiger partial charge is 0.251 e. The van der Waals surface area contributed by atoms with Gasteiger partial charge in [0.1, 0.15) is 0 Å². The average Bonchev–Trinajstić information content (AvgIpc) is 3.18. The Kier molecular flexibility index (Phi) is 3.22. The van der Waals surface area contributed by atoms with Crippen LogP contribution < -0.4 is 10.6 Å². The fourth-order valence-electron chi connectivity index (χ4n) is 2.64. The summed E-state index contributed by atoms with van der Waals surface area (Å²) in [4.78, 5) is 23.5. The van der Waals surface area contributed by atoms with E-state index in [4.69, 9.17) is 5.11 Å². The predicted octanol–water partition coefficient (Wildman–Crippen LogP) is 1.22. The van der Waals surface area contributed by atoms with Crippen LogP contribution in [0, 0.1) is 0 Å². The minimum Gasteiger partial charge on any atom is -0.396 e. The Morgan fingerprint density at radius 2 is 2.15 bits per heavy atom. The van der Waals surface area contributed by atoms with Gasteiger partial charge in [0.05, 0.1) is 0 Å². The second-order valence-electron chi connectivity index (χ2n) is 5.63. The second kappa shape index (κ2) is 4.90. The van der Waals surface area contributed by atoms with Crippen LogP contribution in [0.4, 0.5) is 5.69 Å². The number of amides is 2. The minimum absolute atomic E-state index is 0.0228. The van der Waals surface area contributed by atoms with Crippen LogP contribution in [0.25, 0.3) is 0 Å². The Balaban J connectivity index is 1.74. The molecule has 1 fully saturated rings. The van der Waals surface area contributed by atoms with E-state index in [1.54, 1.807) is 12.1 Å². The van der Waals surface area contributed by atoms with Gasteiger partial charge in [-0.3, -0.25) is 9.59 Å². The Hall–Kier alpha value is -1.88. The zero-order valence-corrected chi connectivity index (χ0v) is 11.2. The van der Waals surface area contributed by atoms with Crippen molar-refractivity contribution in [2.75, 3.05) is 11.9 Å². The summed E-state index contributed by atoms with van der Waals surface area (Å²) in [5, 5.41) is 14.8. The number of anilines is 1. The van der Waals surface area contributed by atoms with Gasteiger partial charge in [0.2, 0.25) is 5.91 Å². The molecular weight excluding hydrogens is 256 g/mol. The molecule has 1 aromatic carbocycles. The number of fused-ring (bicyclic) bond motifs is 1. The summed E-state index contributed by atoms with van der Waals surface area (Å²) < 4.78 is 0. The van der Waals surface area contributed by atoms with Crippen LogP contribution in [-0.4, -0.2) is 29.1 Å². The predicted molar refractivity (Wildman–Crippen MR) is 74.5 cm³/mol. The first-order valence-electron chi connectivity index (χ1n) is 6.98. The van der Waals surface area contributed by atoms with E-state index in [1.165, 1.54) is 0 Å². The molecule has 0 spiro atoms. The molecule has 1 saturated carbocycles. The lowest BCUT2D eigenvalue weighted by Crippen LogP contribution is -2.37. The molecule has 3 N–H and O–H groups in total. The van der Waals surface area contributed by atoms with E-state index in [1.807, 2.05) is 6.07 Å². The molecule has 1 aliphatic carbocycles. The normalized spacial score (nSPS) is 18.9. The molecule has 1 aromatic rings. The van der Waals surface area contributed by atoms with Gasteiger partial charge in [-0.2, -0.15) is 0 Å². The summed E-state index contributed by atoms with van der Waals surface area (Å²) in [6, 6.07) is 5.36. The SMILES string of the molecule is O=C1CCc2cc(C(=O)NC3(CCO)CC3)ccc2N1. The maximum absolute atomic E-state index is 12.2. The number of carbonyl (C=O) groups excluding carboxylic acids is 2. The summed E-state index contributed by atoms with van der Waals surface area (Å²) in [5.41, 5.74) is 2.22. The van der Waals surface area contributed by atoms with Gasteiger partial charge in [0.15, 0.2) is 0 Å². The van der Waals surface area contributed by atoms with Gasteiger partial charge in [-0.05, 0) is 49.4 Å². The highest BCUT2D eigenvalue weighted by Gasteiger charge is 2.43. The van der Waals surface area contributed by atoms with Crippen molar-refractivity contribution in [3.05, 3.63) is 29.3 Å². The van der Waals surface area contributed by atoms with Crippen molar-refractivity contribution >= 4 is 17.5 Å². The van der Waals surface area contributed by atoms with Crippen LogP contribution in [0.15, 0.2) is 18.2 Å². The number of carbonyl (C=O) groups is 2. The molecular formula is C15H18N2O3. The maximum atomic E-state index is 12.2. The summed E-state index contributed by atoms with van der Waals surface area (Å²) in [5.74, 6) is -0.0785. The Bertz CT molecular complexity index is 564. The molecule has 5 heteroatoms. The Morgan fingerprint density at radius 3 is 2.85 bits per heavy atom. The molecule has 0 aromatic heterocycles. The largest absolute Gasteiger partial charge is 0.396 e. The van der Waals surface area contributed by atoms with Gasteiger partial charge in [0, 0.05) is 29.8 Å². The maximum Gasteiger partial charge on any atom is 0.251 e. The van der Waals surface area contributed by atoms with Gasteiger partial charge in [-0.1, -0.05) is 0 Å². The van der Waals surface area contributed by atoms with E-state index < -0.39 is 0 Å². The average molecular weight is 274 g/mol. The number of aliphatic hydroxyl groups excluding tert-OH is 1. The fraction of sp³-hybridized carbons (Fsp3) is 0.467. The number of hydrogen-bond donors (Lipinski definition) is 3. The molecule has 2 aliphatic rings. The van der Waals surface area contributed by atoms with E-state index in [9.17, 15) is 9.59 Å². The molecule has 0 atom stereocenters. The monoisotopic (exact) mass is 274 g/mol. The first kappa shape index (κ1) is 13.1. The highest BCUT2D eigenvalue weighted by molar-refractivity contribution is 5.98. The number of aliphatic hydroxyl groups is 1. The van der Waals surface area contributed by atoms with E-state index in [-0.39, 0.29) is 24.0 Å². The summed E-state index contributed by atoms with van der Waals surface area (Å²) in [7, 11) is 0. The van der Waals surface area contributed by atoms with E-state index in [0.29, 0.717) is 24.8 Å². The van der Waals surface area contributed by atoms with Crippen molar-refractivity contribution < 1.29 is 14.7 Å². The van der Waals surface area contributed by atoms with Crippen LogP contribution in [0.1, 0.15) is 41.6 Å². The molecule has 20 heavy (non-hydrogen) atoms. The first-order chi connectivity index (χ1) is 9.62. The molecule has 106 valence electrons. The second-order valence-corrected chi connectivity index (χ2v) is 5.63. The Labute approximate surface area is 117 Å². The minimum atomic E-state index is -0.198. The van der Waals surface area contributed by atoms with Crippen molar-refractivity contribution in [1.82, 2.24) is 5.32 Å². The van der Waals surface area contributed by atoms with Crippen molar-refractivity contribution in [1.29, 1.82) is 0 Å². The third-order valence-corrected chi connectivity index (χ3v) is 4.09. The number of hydrogen-bond acceptors (Lipinski definition) is 3. The van der Waals surface area contributed by atoms with E-state index in [0.717, 1.165) is 24.1 Å². The topological polar surface area (TPSA) is 78.4 Å². The molecule has 0 radical (unpaired) electrons. The highest BCUT2D eigenvalue weighted by atomic mass is 16.3. The zero-order valence-electron chi connectivity index (χ0n) is 11.2. The molecule has 2 amide bonds. The van der Waals surface area contributed by atoms with Crippen LogP contribution in [0.3, 0.4) is 0 Å². The molecule has 0 bridgehead atoms. The number of rotatable bonds is 4. The summed E-state index contributed by atoms with van der Waals surface area (Å²) in [6.07, 6.45) is 3.61. The molecule has 1 aliphatic heterocycles. The fourth-order valence-corrected chi connectivity index (χ4v) is 2.64. The number of aryl methyl sites for hydroxylation is 1. The van der Waals surface area contributed by atoms with Gasteiger partial charge in [-0.25, -0.2) is 0 Å². The van der Waals surface area contributed by atoms with Crippen molar-refractivity contribution in [3.63, 3.8) is 0 Å². The number of nitrogens with one attached hydrogen (secondary N) is 2. The van der Waals surface area contributed by atoms with E-state index >= 15 is 0 Å². The zero-order chi connectivity index (χ0) is 14.2. The molecule has 0 unspecified atom stereocenters. The van der Waals surface area contributed by atoms with Crippen molar-refractivity contribution in [2.24, 2.45) is 0 Å². The highest BCUT2D eigenvalue weighted by Crippen LogP contribution is 2.38. The quantitative estimate of drug-likeness (QED) is 0.772. The van der Waals surface area contributed by atoms with Gasteiger partial charge in [0.25, 0.3) is 5.91 Å². The van der Waals surface area contributed by atoms with Crippen molar-refractivity contribution in [2.45, 2.75) is 37.6 Å². The molecule has 1 heterocycles. The molecule has 3 rings (SSSR count). The van der Waals surface area contributed by atoms with Gasteiger partial charge < -0.3 is 15.7 Å². The lowest BCUT2D eigenvalue weighted by Gasteiger charge is -2.19. The third kappa shape index (κ3) is 2.54. The number of benzene rings is 1.